The maximum Gasteiger partial charge on any atom is 0.496 e. The molecule has 0 spiro atoms. The Bertz CT molecular complexity index is 965. The molecule has 1 aromatic carbocycles. The van der Waals surface area contributed by atoms with Crippen LogP contribution in [0.15, 0.2) is 47.5 Å². The Morgan fingerprint density at radius 2 is 1.68 bits per heavy atom. The summed E-state index contributed by atoms with van der Waals surface area (Å²) in [5.74, 6) is -0.732. The second kappa shape index (κ2) is 7.06. The van der Waals surface area contributed by atoms with E-state index in [-0.39, 0.29) is 17.2 Å². The summed E-state index contributed by atoms with van der Waals surface area (Å²) in [6.45, 7) is 9.38. The fourth-order valence-corrected chi connectivity index (χ4v) is 4.21. The normalized spacial score (nSPS) is 18.2. The molecule has 0 unspecified atom stereocenters. The molecule has 0 bridgehead atoms. The van der Waals surface area contributed by atoms with Crippen LogP contribution in [0.25, 0.3) is 0 Å². The van der Waals surface area contributed by atoms with E-state index in [0.29, 0.717) is 5.46 Å². The van der Waals surface area contributed by atoms with Crippen molar-refractivity contribution in [3.05, 3.63) is 48.3 Å². The molecule has 1 aromatic heterocycles. The minimum absolute atomic E-state index is 0.0663. The highest BCUT2D eigenvalue weighted by atomic mass is 32.2. The smallest absolute Gasteiger partial charge is 0.461 e. The van der Waals surface area contributed by atoms with E-state index in [4.69, 9.17) is 14.0 Å². The van der Waals surface area contributed by atoms with Crippen molar-refractivity contribution < 1.29 is 27.3 Å². The third-order valence-electron chi connectivity index (χ3n) is 5.12. The van der Waals surface area contributed by atoms with Crippen LogP contribution < -0.4 is 5.46 Å². The highest BCUT2D eigenvalue weighted by molar-refractivity contribution is 7.90. The maximum absolute atomic E-state index is 13.1. The van der Waals surface area contributed by atoms with Crippen LogP contribution in [-0.4, -0.2) is 43.3 Å². The number of nitrogens with zero attached hydrogens (tertiary/aromatic N) is 1. The summed E-state index contributed by atoms with van der Waals surface area (Å²) in [5.41, 5.74) is -0.860. The fraction of sp³-hybridized carbons (Fsp3) is 0.421. The van der Waals surface area contributed by atoms with Gasteiger partial charge in [-0.1, -0.05) is 18.2 Å². The van der Waals surface area contributed by atoms with Crippen LogP contribution in [0.2, 0.25) is 0 Å². The summed E-state index contributed by atoms with van der Waals surface area (Å²) in [6, 6.07) is 9.35. The van der Waals surface area contributed by atoms with Gasteiger partial charge in [-0.3, -0.25) is 0 Å². The Hall–Kier alpha value is -2.10. The SMILES string of the molecule is CCOC(=O)c1cc(B2OC(C)(C)C(C)(C)O2)cn1S(=O)(=O)c1ccccc1. The van der Waals surface area contributed by atoms with Crippen LogP contribution in [0.4, 0.5) is 0 Å². The summed E-state index contributed by atoms with van der Waals surface area (Å²) >= 11 is 0. The lowest BCUT2D eigenvalue weighted by atomic mass is 9.81. The van der Waals surface area contributed by atoms with Crippen LogP contribution in [-0.2, 0) is 24.1 Å². The molecule has 0 radical (unpaired) electrons. The van der Waals surface area contributed by atoms with E-state index in [0.717, 1.165) is 3.97 Å². The third kappa shape index (κ3) is 3.49. The lowest BCUT2D eigenvalue weighted by molar-refractivity contribution is 0.00578. The molecule has 2 heterocycles. The number of benzene rings is 1. The monoisotopic (exact) mass is 405 g/mol. The summed E-state index contributed by atoms with van der Waals surface area (Å²) in [5, 5.41) is 0. The number of aromatic nitrogens is 1. The Morgan fingerprint density at radius 3 is 2.21 bits per heavy atom. The molecule has 0 saturated carbocycles. The average molecular weight is 405 g/mol. The molecule has 9 heteroatoms. The van der Waals surface area contributed by atoms with Gasteiger partial charge in [0.05, 0.1) is 22.7 Å². The summed E-state index contributed by atoms with van der Waals surface area (Å²) < 4.78 is 44.2. The lowest BCUT2D eigenvalue weighted by Gasteiger charge is -2.32. The molecule has 3 rings (SSSR count). The molecule has 150 valence electrons. The topological polar surface area (TPSA) is 83.8 Å². The van der Waals surface area contributed by atoms with Gasteiger partial charge in [0.15, 0.2) is 0 Å². The Kier molecular flexibility index (Phi) is 5.20. The third-order valence-corrected chi connectivity index (χ3v) is 6.81. The first-order valence-electron chi connectivity index (χ1n) is 9.05. The molecule has 1 aliphatic rings. The van der Waals surface area contributed by atoms with Crippen molar-refractivity contribution >= 4 is 28.6 Å². The molecular formula is C19H24BNO6S. The fourth-order valence-electron chi connectivity index (χ4n) is 2.83. The van der Waals surface area contributed by atoms with Crippen molar-refractivity contribution in [2.45, 2.75) is 50.7 Å². The molecule has 1 fully saturated rings. The summed E-state index contributed by atoms with van der Waals surface area (Å²) in [4.78, 5) is 12.5. The molecule has 28 heavy (non-hydrogen) atoms. The van der Waals surface area contributed by atoms with E-state index >= 15 is 0 Å². The number of ether oxygens (including phenoxy) is 1. The first-order valence-corrected chi connectivity index (χ1v) is 10.5. The number of rotatable bonds is 5. The summed E-state index contributed by atoms with van der Waals surface area (Å²) in [7, 11) is -4.80. The van der Waals surface area contributed by atoms with Gasteiger partial charge in [-0.2, -0.15) is 0 Å². The second-order valence-corrected chi connectivity index (χ2v) is 9.40. The molecule has 0 N–H and O–H groups in total. The molecule has 0 aliphatic carbocycles. The predicted molar refractivity (Wildman–Crippen MR) is 105 cm³/mol. The molecule has 0 amide bonds. The number of carbonyl (C=O) groups excluding carboxylic acids is 1. The van der Waals surface area contributed by atoms with Crippen LogP contribution >= 0.6 is 0 Å². The van der Waals surface area contributed by atoms with Crippen molar-refractivity contribution in [1.82, 2.24) is 3.97 Å². The number of hydrogen-bond acceptors (Lipinski definition) is 6. The molecule has 0 atom stereocenters. The highest BCUT2D eigenvalue weighted by Crippen LogP contribution is 2.36. The van der Waals surface area contributed by atoms with Gasteiger partial charge < -0.3 is 14.0 Å². The van der Waals surface area contributed by atoms with Gasteiger partial charge in [0.1, 0.15) is 5.69 Å². The minimum Gasteiger partial charge on any atom is -0.461 e. The van der Waals surface area contributed by atoms with Gasteiger partial charge >= 0.3 is 13.1 Å². The van der Waals surface area contributed by atoms with Gasteiger partial charge in [-0.15, -0.1) is 0 Å². The maximum atomic E-state index is 13.1. The zero-order valence-corrected chi connectivity index (χ0v) is 17.4. The molecule has 1 aliphatic heterocycles. The molecule has 7 nitrogen and oxygen atoms in total. The van der Waals surface area contributed by atoms with Gasteiger partial charge in [0.2, 0.25) is 0 Å². The predicted octanol–water partition coefficient (Wildman–Crippen LogP) is 2.20. The van der Waals surface area contributed by atoms with Crippen LogP contribution in [0, 0.1) is 0 Å². The standard InChI is InChI=1S/C19H24BNO6S/c1-6-25-17(22)16-12-14(20-26-18(2,3)19(4,5)27-20)13-21(16)28(23,24)15-10-8-7-9-11-15/h7-13H,6H2,1-5H3. The van der Waals surface area contributed by atoms with E-state index in [1.165, 1.54) is 24.4 Å². The van der Waals surface area contributed by atoms with Crippen LogP contribution in [0.5, 0.6) is 0 Å². The zero-order valence-electron chi connectivity index (χ0n) is 16.6. The van der Waals surface area contributed by atoms with Crippen molar-refractivity contribution in [2.24, 2.45) is 0 Å². The molecular weight excluding hydrogens is 381 g/mol. The van der Waals surface area contributed by atoms with E-state index in [2.05, 4.69) is 0 Å². The molecule has 2 aromatic rings. The van der Waals surface area contributed by atoms with E-state index in [1.807, 2.05) is 27.7 Å². The van der Waals surface area contributed by atoms with Crippen LogP contribution in [0.3, 0.4) is 0 Å². The van der Waals surface area contributed by atoms with Crippen molar-refractivity contribution in [1.29, 1.82) is 0 Å². The number of hydrogen-bond donors (Lipinski definition) is 0. The second-order valence-electron chi connectivity index (χ2n) is 7.58. The highest BCUT2D eigenvalue weighted by Gasteiger charge is 2.52. The van der Waals surface area contributed by atoms with Gasteiger partial charge in [-0.05, 0) is 52.8 Å². The largest absolute Gasteiger partial charge is 0.496 e. The Morgan fingerprint density at radius 1 is 1.11 bits per heavy atom. The number of carbonyl (C=O) groups is 1. The average Bonchev–Trinajstić information content (AvgIpc) is 3.16. The van der Waals surface area contributed by atoms with Crippen molar-refractivity contribution in [3.8, 4) is 0 Å². The Balaban J connectivity index is 2.09. The van der Waals surface area contributed by atoms with E-state index < -0.39 is 34.3 Å². The van der Waals surface area contributed by atoms with Crippen LogP contribution in [0.1, 0.15) is 45.1 Å². The first kappa shape index (κ1) is 20.6. The summed E-state index contributed by atoms with van der Waals surface area (Å²) in [6.07, 6.45) is 1.36. The molecule has 1 saturated heterocycles. The Labute approximate surface area is 165 Å². The zero-order chi connectivity index (χ0) is 20.7. The quantitative estimate of drug-likeness (QED) is 0.560. The van der Waals surface area contributed by atoms with Crippen molar-refractivity contribution in [3.63, 3.8) is 0 Å². The first-order chi connectivity index (χ1) is 13.0. The number of esters is 1. The van der Waals surface area contributed by atoms with Gasteiger partial charge in [0.25, 0.3) is 10.0 Å². The van der Waals surface area contributed by atoms with Crippen molar-refractivity contribution in [2.75, 3.05) is 6.61 Å². The van der Waals surface area contributed by atoms with E-state index in [1.54, 1.807) is 25.1 Å². The van der Waals surface area contributed by atoms with E-state index in [9.17, 15) is 13.2 Å². The van der Waals surface area contributed by atoms with Gasteiger partial charge in [0, 0.05) is 11.7 Å². The minimum atomic E-state index is -3.99. The lowest BCUT2D eigenvalue weighted by Crippen LogP contribution is -2.41. The van der Waals surface area contributed by atoms with Gasteiger partial charge in [-0.25, -0.2) is 17.2 Å².